The van der Waals surface area contributed by atoms with Crippen molar-refractivity contribution in [3.63, 3.8) is 0 Å². The summed E-state index contributed by atoms with van der Waals surface area (Å²) in [5, 5.41) is 0. The molecule has 3 rings (SSSR count). The Labute approximate surface area is 128 Å². The first-order valence-electron chi connectivity index (χ1n) is 8.26. The molecule has 1 atom stereocenters. The van der Waals surface area contributed by atoms with Gasteiger partial charge in [0.25, 0.3) is 0 Å². The predicted octanol–water partition coefficient (Wildman–Crippen LogP) is 3.70. The third kappa shape index (κ3) is 3.60. The van der Waals surface area contributed by atoms with Crippen LogP contribution in [-0.2, 0) is 0 Å². The van der Waals surface area contributed by atoms with E-state index in [4.69, 9.17) is 4.74 Å². The summed E-state index contributed by atoms with van der Waals surface area (Å²) in [6.45, 7) is 2.47. The number of methoxy groups -OCH3 is 1. The molecule has 1 aliphatic carbocycles. The van der Waals surface area contributed by atoms with E-state index in [1.165, 1.54) is 51.6 Å². The molecule has 1 aliphatic heterocycles. The highest BCUT2D eigenvalue weighted by Crippen LogP contribution is 2.31. The van der Waals surface area contributed by atoms with Gasteiger partial charge >= 0.3 is 0 Å². The fourth-order valence-electron chi connectivity index (χ4n) is 3.63. The van der Waals surface area contributed by atoms with E-state index in [-0.39, 0.29) is 0 Å². The fourth-order valence-corrected chi connectivity index (χ4v) is 3.63. The monoisotopic (exact) mass is 283 g/mol. The van der Waals surface area contributed by atoms with Crippen LogP contribution in [-0.4, -0.2) is 31.1 Å². The van der Waals surface area contributed by atoms with E-state index in [9.17, 15) is 0 Å². The Morgan fingerprint density at radius 1 is 1.05 bits per heavy atom. The highest BCUT2D eigenvalue weighted by atomic mass is 16.5. The third-order valence-corrected chi connectivity index (χ3v) is 4.83. The normalized spacial score (nSPS) is 21.0. The van der Waals surface area contributed by atoms with E-state index in [0.29, 0.717) is 6.04 Å². The van der Waals surface area contributed by atoms with Crippen molar-refractivity contribution in [2.45, 2.75) is 44.6 Å². The summed E-state index contributed by atoms with van der Waals surface area (Å²) in [5.74, 6) is 8.68. The zero-order chi connectivity index (χ0) is 14.5. The molecule has 21 heavy (non-hydrogen) atoms. The molecule has 2 heteroatoms. The lowest BCUT2D eigenvalue weighted by Crippen LogP contribution is -2.36. The Balaban J connectivity index is 1.75. The van der Waals surface area contributed by atoms with Crippen LogP contribution >= 0.6 is 0 Å². The Bertz CT molecular complexity index is 483. The quantitative estimate of drug-likeness (QED) is 0.784. The summed E-state index contributed by atoms with van der Waals surface area (Å²) in [5.41, 5.74) is 1.10. The van der Waals surface area contributed by atoms with Gasteiger partial charge in [0.2, 0.25) is 0 Å². The molecule has 2 fully saturated rings. The van der Waals surface area contributed by atoms with E-state index < -0.39 is 0 Å². The first-order chi connectivity index (χ1) is 10.4. The van der Waals surface area contributed by atoms with Crippen LogP contribution in [0.1, 0.15) is 44.1 Å². The van der Waals surface area contributed by atoms with Crippen LogP contribution in [0.3, 0.4) is 0 Å². The average Bonchev–Trinajstić information content (AvgIpc) is 3.22. The molecule has 0 amide bonds. The Hall–Kier alpha value is -1.46. The summed E-state index contributed by atoms with van der Waals surface area (Å²) in [4.78, 5) is 2.62. The van der Waals surface area contributed by atoms with Gasteiger partial charge in [0.1, 0.15) is 5.75 Å². The van der Waals surface area contributed by atoms with Gasteiger partial charge in [-0.3, -0.25) is 4.90 Å². The molecule has 1 saturated heterocycles. The van der Waals surface area contributed by atoms with Crippen molar-refractivity contribution in [3.8, 4) is 17.6 Å². The average molecular weight is 283 g/mol. The molecule has 1 saturated carbocycles. The van der Waals surface area contributed by atoms with E-state index in [1.807, 2.05) is 12.1 Å². The topological polar surface area (TPSA) is 12.5 Å². The predicted molar refractivity (Wildman–Crippen MR) is 86.4 cm³/mol. The van der Waals surface area contributed by atoms with E-state index >= 15 is 0 Å². The molecule has 0 radical (unpaired) electrons. The highest BCUT2D eigenvalue weighted by Gasteiger charge is 2.29. The molecule has 0 N–H and O–H groups in total. The molecular formula is C19H25NO. The van der Waals surface area contributed by atoms with Gasteiger partial charge in [0.05, 0.1) is 13.2 Å². The summed E-state index contributed by atoms with van der Waals surface area (Å²) in [7, 11) is 1.70. The minimum atomic E-state index is 0.470. The molecule has 2 aliphatic rings. The summed E-state index contributed by atoms with van der Waals surface area (Å²) >= 11 is 0. The number of hydrogen-bond acceptors (Lipinski definition) is 2. The smallest absolute Gasteiger partial charge is 0.118 e. The summed E-state index contributed by atoms with van der Waals surface area (Å²) < 4.78 is 5.20. The van der Waals surface area contributed by atoms with Gasteiger partial charge in [-0.2, -0.15) is 0 Å². The third-order valence-electron chi connectivity index (χ3n) is 4.83. The molecular weight excluding hydrogens is 258 g/mol. The number of ether oxygens (including phenoxy) is 1. The van der Waals surface area contributed by atoms with Crippen molar-refractivity contribution in [3.05, 3.63) is 29.8 Å². The second kappa shape index (κ2) is 7.00. The van der Waals surface area contributed by atoms with Gasteiger partial charge in [0, 0.05) is 5.56 Å². The van der Waals surface area contributed by atoms with E-state index in [0.717, 1.165) is 17.2 Å². The first kappa shape index (κ1) is 14.5. The van der Waals surface area contributed by atoms with Gasteiger partial charge in [-0.25, -0.2) is 0 Å². The largest absolute Gasteiger partial charge is 0.497 e. The van der Waals surface area contributed by atoms with Crippen LogP contribution in [0.25, 0.3) is 0 Å². The van der Waals surface area contributed by atoms with Crippen molar-refractivity contribution >= 4 is 0 Å². The maximum absolute atomic E-state index is 5.20. The second-order valence-corrected chi connectivity index (χ2v) is 6.23. The van der Waals surface area contributed by atoms with Crippen LogP contribution in [0.5, 0.6) is 5.75 Å². The Morgan fingerprint density at radius 3 is 2.33 bits per heavy atom. The van der Waals surface area contributed by atoms with Crippen LogP contribution in [0.15, 0.2) is 24.3 Å². The molecule has 2 nitrogen and oxygen atoms in total. The number of nitrogens with zero attached hydrogens (tertiary/aromatic N) is 1. The first-order valence-corrected chi connectivity index (χ1v) is 8.26. The van der Waals surface area contributed by atoms with Crippen molar-refractivity contribution < 1.29 is 4.74 Å². The SMILES string of the molecule is COc1ccc(C#CC(C2CCCC2)N2CCCC2)cc1. The maximum Gasteiger partial charge on any atom is 0.118 e. The molecule has 1 heterocycles. The summed E-state index contributed by atoms with van der Waals surface area (Å²) in [6, 6.07) is 8.56. The minimum absolute atomic E-state index is 0.470. The van der Waals surface area contributed by atoms with Crippen LogP contribution in [0.2, 0.25) is 0 Å². The molecule has 112 valence electrons. The maximum atomic E-state index is 5.20. The number of benzene rings is 1. The fraction of sp³-hybridized carbons (Fsp3) is 0.579. The van der Waals surface area contributed by atoms with Crippen LogP contribution in [0.4, 0.5) is 0 Å². The van der Waals surface area contributed by atoms with Crippen molar-refractivity contribution in [1.29, 1.82) is 0 Å². The Morgan fingerprint density at radius 2 is 1.71 bits per heavy atom. The lowest BCUT2D eigenvalue weighted by Gasteiger charge is -2.28. The van der Waals surface area contributed by atoms with Gasteiger partial charge in [-0.1, -0.05) is 24.7 Å². The van der Waals surface area contributed by atoms with E-state index in [2.05, 4.69) is 28.9 Å². The molecule has 1 aromatic carbocycles. The van der Waals surface area contributed by atoms with E-state index in [1.54, 1.807) is 7.11 Å². The number of hydrogen-bond donors (Lipinski definition) is 0. The van der Waals surface area contributed by atoms with Crippen LogP contribution in [0, 0.1) is 17.8 Å². The lowest BCUT2D eigenvalue weighted by molar-refractivity contribution is 0.224. The van der Waals surface area contributed by atoms with Crippen molar-refractivity contribution in [2.75, 3.05) is 20.2 Å². The molecule has 0 spiro atoms. The number of rotatable bonds is 3. The standard InChI is InChI=1S/C19H25NO/c1-21-18-11-8-16(9-12-18)10-13-19(17-6-2-3-7-17)20-14-4-5-15-20/h8-9,11-12,17,19H,2-7,14-15H2,1H3. The molecule has 0 bridgehead atoms. The zero-order valence-corrected chi connectivity index (χ0v) is 13.0. The zero-order valence-electron chi connectivity index (χ0n) is 13.0. The Kier molecular flexibility index (Phi) is 4.83. The van der Waals surface area contributed by atoms with Crippen molar-refractivity contribution in [1.82, 2.24) is 4.90 Å². The van der Waals surface area contributed by atoms with Gasteiger partial charge in [-0.05, 0) is 69.0 Å². The summed E-state index contributed by atoms with van der Waals surface area (Å²) in [6.07, 6.45) is 8.18. The minimum Gasteiger partial charge on any atom is -0.497 e. The van der Waals surface area contributed by atoms with Gasteiger partial charge < -0.3 is 4.74 Å². The van der Waals surface area contributed by atoms with Crippen LogP contribution < -0.4 is 4.74 Å². The van der Waals surface area contributed by atoms with Gasteiger partial charge in [0.15, 0.2) is 0 Å². The highest BCUT2D eigenvalue weighted by molar-refractivity contribution is 5.39. The number of likely N-dealkylation sites (tertiary alicyclic amines) is 1. The molecule has 0 aromatic heterocycles. The van der Waals surface area contributed by atoms with Gasteiger partial charge in [-0.15, -0.1) is 0 Å². The molecule has 1 unspecified atom stereocenters. The van der Waals surface area contributed by atoms with Crippen molar-refractivity contribution in [2.24, 2.45) is 5.92 Å². The lowest BCUT2D eigenvalue weighted by atomic mass is 9.97. The molecule has 1 aromatic rings. The second-order valence-electron chi connectivity index (χ2n) is 6.23.